The topological polar surface area (TPSA) is 79.1 Å². The third-order valence-electron chi connectivity index (χ3n) is 4.69. The van der Waals surface area contributed by atoms with Crippen molar-refractivity contribution in [3.05, 3.63) is 91.8 Å². The molecule has 0 amide bonds. The highest BCUT2D eigenvalue weighted by Gasteiger charge is 2.14. The fourth-order valence-electron chi connectivity index (χ4n) is 3.05. The zero-order chi connectivity index (χ0) is 22.7. The van der Waals surface area contributed by atoms with Crippen LogP contribution >= 0.6 is 22.9 Å². The summed E-state index contributed by atoms with van der Waals surface area (Å²) < 4.78 is 18.0. The van der Waals surface area contributed by atoms with E-state index in [1.807, 2.05) is 24.4 Å². The standard InChI is InChI=1S/C23H19ClN2O5S/c1-14-13-32-23-25-18(10-21(27)26(14)23)12-31-22(28)16-5-8-19(20(9-16)29-2)30-11-15-3-6-17(24)7-4-15/h3-10,13H,11-12H2,1-2H3. The Morgan fingerprint density at radius 2 is 1.88 bits per heavy atom. The maximum atomic E-state index is 12.5. The molecule has 164 valence electrons. The van der Waals surface area contributed by atoms with Crippen molar-refractivity contribution in [2.75, 3.05) is 7.11 Å². The molecule has 9 heteroatoms. The number of esters is 1. The van der Waals surface area contributed by atoms with Crippen molar-refractivity contribution in [2.24, 2.45) is 0 Å². The summed E-state index contributed by atoms with van der Waals surface area (Å²) in [5.74, 6) is 0.337. The smallest absolute Gasteiger partial charge is 0.338 e. The molecule has 0 aliphatic carbocycles. The van der Waals surface area contributed by atoms with Gasteiger partial charge >= 0.3 is 5.97 Å². The first-order valence-electron chi connectivity index (χ1n) is 9.64. The molecular weight excluding hydrogens is 452 g/mol. The van der Waals surface area contributed by atoms with Gasteiger partial charge in [-0.15, -0.1) is 11.3 Å². The summed E-state index contributed by atoms with van der Waals surface area (Å²) in [4.78, 5) is 29.7. The van der Waals surface area contributed by atoms with Crippen LogP contribution in [0.25, 0.3) is 4.96 Å². The number of carbonyl (C=O) groups excluding carboxylic acids is 1. The van der Waals surface area contributed by atoms with Crippen molar-refractivity contribution < 1.29 is 19.0 Å². The summed E-state index contributed by atoms with van der Waals surface area (Å²) in [5, 5.41) is 2.50. The van der Waals surface area contributed by atoms with Crippen molar-refractivity contribution in [1.29, 1.82) is 0 Å². The first-order valence-corrected chi connectivity index (χ1v) is 10.9. The number of thiazole rings is 1. The maximum Gasteiger partial charge on any atom is 0.338 e. The fourth-order valence-corrected chi connectivity index (χ4v) is 4.07. The molecule has 2 heterocycles. The predicted octanol–water partition coefficient (Wildman–Crippen LogP) is 4.66. The summed E-state index contributed by atoms with van der Waals surface area (Å²) in [7, 11) is 1.50. The second-order valence-corrected chi connectivity index (χ2v) is 8.21. The van der Waals surface area contributed by atoms with E-state index >= 15 is 0 Å². The number of rotatable bonds is 7. The van der Waals surface area contributed by atoms with Gasteiger partial charge in [-0.2, -0.15) is 0 Å². The second kappa shape index (κ2) is 9.42. The Labute approximate surface area is 192 Å². The van der Waals surface area contributed by atoms with Gasteiger partial charge in [0, 0.05) is 22.2 Å². The molecule has 4 aromatic rings. The van der Waals surface area contributed by atoms with E-state index in [0.29, 0.717) is 39.3 Å². The first-order chi connectivity index (χ1) is 15.4. The van der Waals surface area contributed by atoms with Gasteiger partial charge in [-0.05, 0) is 42.8 Å². The van der Waals surface area contributed by atoms with Crippen LogP contribution in [0.1, 0.15) is 27.3 Å². The molecule has 0 radical (unpaired) electrons. The number of halogens is 1. The lowest BCUT2D eigenvalue weighted by atomic mass is 10.2. The van der Waals surface area contributed by atoms with Crippen LogP contribution in [0.2, 0.25) is 5.02 Å². The second-order valence-electron chi connectivity index (χ2n) is 6.94. The maximum absolute atomic E-state index is 12.5. The minimum absolute atomic E-state index is 0.112. The number of methoxy groups -OCH3 is 1. The van der Waals surface area contributed by atoms with E-state index < -0.39 is 5.97 Å². The van der Waals surface area contributed by atoms with Crippen LogP contribution in [0.4, 0.5) is 0 Å². The van der Waals surface area contributed by atoms with Crippen molar-refractivity contribution in [1.82, 2.24) is 9.38 Å². The Morgan fingerprint density at radius 3 is 2.62 bits per heavy atom. The average molecular weight is 471 g/mol. The fraction of sp³-hybridized carbons (Fsp3) is 0.174. The molecule has 0 atom stereocenters. The summed E-state index contributed by atoms with van der Waals surface area (Å²) in [6.45, 7) is 2.05. The van der Waals surface area contributed by atoms with Crippen LogP contribution in [0.5, 0.6) is 11.5 Å². The molecule has 7 nitrogen and oxygen atoms in total. The molecule has 0 aliphatic rings. The number of fused-ring (bicyclic) bond motifs is 1. The lowest BCUT2D eigenvalue weighted by molar-refractivity contribution is 0.0467. The molecule has 0 saturated heterocycles. The quantitative estimate of drug-likeness (QED) is 0.365. The summed E-state index contributed by atoms with van der Waals surface area (Å²) in [6, 6.07) is 13.5. The van der Waals surface area contributed by atoms with Gasteiger partial charge in [0.2, 0.25) is 0 Å². The number of aryl methyl sites for hydroxylation is 1. The van der Waals surface area contributed by atoms with Crippen molar-refractivity contribution >= 4 is 33.9 Å². The molecule has 0 aliphatic heterocycles. The molecule has 0 fully saturated rings. The zero-order valence-electron chi connectivity index (χ0n) is 17.3. The number of hydrogen-bond acceptors (Lipinski definition) is 7. The van der Waals surface area contributed by atoms with Crippen LogP contribution in [-0.4, -0.2) is 22.5 Å². The Bertz CT molecular complexity index is 1330. The molecule has 0 unspecified atom stereocenters. The summed E-state index contributed by atoms with van der Waals surface area (Å²) in [6.07, 6.45) is 0. The van der Waals surface area contributed by atoms with Gasteiger partial charge < -0.3 is 14.2 Å². The third-order valence-corrected chi connectivity index (χ3v) is 5.88. The molecule has 0 saturated carbocycles. The minimum Gasteiger partial charge on any atom is -0.493 e. The molecule has 2 aromatic carbocycles. The van der Waals surface area contributed by atoms with E-state index in [9.17, 15) is 9.59 Å². The van der Waals surface area contributed by atoms with E-state index in [4.69, 9.17) is 25.8 Å². The Balaban J connectivity index is 1.43. The van der Waals surface area contributed by atoms with Gasteiger partial charge in [-0.1, -0.05) is 23.7 Å². The minimum atomic E-state index is -0.558. The lowest BCUT2D eigenvalue weighted by Crippen LogP contribution is -2.16. The van der Waals surface area contributed by atoms with Gasteiger partial charge in [0.15, 0.2) is 16.5 Å². The van der Waals surface area contributed by atoms with E-state index in [1.165, 1.54) is 28.9 Å². The Hall–Kier alpha value is -3.36. The number of carbonyl (C=O) groups is 1. The Kier molecular flexibility index (Phi) is 6.43. The van der Waals surface area contributed by atoms with Crippen molar-refractivity contribution in [2.45, 2.75) is 20.1 Å². The highest BCUT2D eigenvalue weighted by atomic mass is 35.5. The van der Waals surface area contributed by atoms with E-state index in [2.05, 4.69) is 4.98 Å². The van der Waals surface area contributed by atoms with Crippen LogP contribution in [0, 0.1) is 6.92 Å². The third kappa shape index (κ3) is 4.76. The van der Waals surface area contributed by atoms with Crippen LogP contribution < -0.4 is 15.0 Å². The van der Waals surface area contributed by atoms with E-state index in [-0.39, 0.29) is 12.2 Å². The molecule has 0 bridgehead atoms. The Morgan fingerprint density at radius 1 is 1.09 bits per heavy atom. The molecule has 0 spiro atoms. The zero-order valence-corrected chi connectivity index (χ0v) is 18.9. The number of aromatic nitrogens is 2. The number of nitrogens with zero attached hydrogens (tertiary/aromatic N) is 2. The van der Waals surface area contributed by atoms with Gasteiger partial charge in [0.1, 0.15) is 13.2 Å². The van der Waals surface area contributed by atoms with Gasteiger partial charge in [0.05, 0.1) is 18.4 Å². The highest BCUT2D eigenvalue weighted by molar-refractivity contribution is 7.15. The van der Waals surface area contributed by atoms with Gasteiger partial charge in [-0.25, -0.2) is 9.78 Å². The molecular formula is C23H19ClN2O5S. The normalized spacial score (nSPS) is 10.8. The predicted molar refractivity (Wildman–Crippen MR) is 122 cm³/mol. The number of hydrogen-bond donors (Lipinski definition) is 0. The summed E-state index contributed by atoms with van der Waals surface area (Å²) >= 11 is 7.26. The SMILES string of the molecule is COc1cc(C(=O)OCc2cc(=O)n3c(C)csc3n2)ccc1OCc1ccc(Cl)cc1. The number of benzene rings is 2. The van der Waals surface area contributed by atoms with Gasteiger partial charge in [0.25, 0.3) is 5.56 Å². The van der Waals surface area contributed by atoms with Crippen LogP contribution in [-0.2, 0) is 18.0 Å². The van der Waals surface area contributed by atoms with Crippen LogP contribution in [0.15, 0.2) is 58.7 Å². The van der Waals surface area contributed by atoms with E-state index in [1.54, 1.807) is 30.3 Å². The molecule has 0 N–H and O–H groups in total. The molecule has 2 aromatic heterocycles. The molecule has 4 rings (SSSR count). The highest BCUT2D eigenvalue weighted by Crippen LogP contribution is 2.29. The van der Waals surface area contributed by atoms with Gasteiger partial charge in [-0.3, -0.25) is 9.20 Å². The van der Waals surface area contributed by atoms with Crippen molar-refractivity contribution in [3.63, 3.8) is 0 Å². The largest absolute Gasteiger partial charge is 0.493 e. The number of ether oxygens (including phenoxy) is 3. The first kappa shape index (κ1) is 21.9. The monoisotopic (exact) mass is 470 g/mol. The van der Waals surface area contributed by atoms with E-state index in [0.717, 1.165) is 11.3 Å². The molecule has 32 heavy (non-hydrogen) atoms. The lowest BCUT2D eigenvalue weighted by Gasteiger charge is -2.12. The van der Waals surface area contributed by atoms with Crippen molar-refractivity contribution in [3.8, 4) is 11.5 Å². The van der Waals surface area contributed by atoms with Crippen LogP contribution in [0.3, 0.4) is 0 Å². The average Bonchev–Trinajstić information content (AvgIpc) is 3.18. The summed E-state index contributed by atoms with van der Waals surface area (Å²) in [5.41, 5.74) is 2.24.